The van der Waals surface area contributed by atoms with E-state index in [1.165, 1.54) is 12.1 Å². The van der Waals surface area contributed by atoms with Gasteiger partial charge in [-0.3, -0.25) is 4.79 Å². The number of hydrogen-bond donors (Lipinski definition) is 0. The second-order valence-corrected chi connectivity index (χ2v) is 7.74. The molecular formula is C22H23FN6O. The van der Waals surface area contributed by atoms with E-state index in [9.17, 15) is 9.18 Å². The van der Waals surface area contributed by atoms with Crippen LogP contribution >= 0.6 is 0 Å². The monoisotopic (exact) mass is 406 g/mol. The van der Waals surface area contributed by atoms with Crippen LogP contribution in [0.5, 0.6) is 0 Å². The zero-order valence-electron chi connectivity index (χ0n) is 16.6. The Morgan fingerprint density at radius 3 is 2.50 bits per heavy atom. The fourth-order valence-electron chi connectivity index (χ4n) is 4.34. The molecule has 7 nitrogen and oxygen atoms in total. The summed E-state index contributed by atoms with van der Waals surface area (Å²) in [7, 11) is 0. The molecule has 2 aliphatic heterocycles. The zero-order chi connectivity index (χ0) is 20.5. The number of carbonyl (C=O) groups is 1. The Labute approximate surface area is 174 Å². The molecule has 0 saturated carbocycles. The highest BCUT2D eigenvalue weighted by Gasteiger charge is 2.35. The Bertz CT molecular complexity index is 1030. The lowest BCUT2D eigenvalue weighted by atomic mass is 9.96. The third-order valence-corrected chi connectivity index (χ3v) is 5.93. The lowest BCUT2D eigenvalue weighted by molar-refractivity contribution is -0.133. The number of amides is 1. The van der Waals surface area contributed by atoms with Gasteiger partial charge in [-0.15, -0.1) is 10.2 Å². The molecule has 1 saturated heterocycles. The summed E-state index contributed by atoms with van der Waals surface area (Å²) in [6.07, 6.45) is 3.46. The predicted octanol–water partition coefficient (Wildman–Crippen LogP) is 2.71. The second kappa shape index (κ2) is 7.85. The van der Waals surface area contributed by atoms with Crippen LogP contribution in [0, 0.1) is 5.82 Å². The summed E-state index contributed by atoms with van der Waals surface area (Å²) >= 11 is 0. The number of benzene rings is 1. The highest BCUT2D eigenvalue weighted by molar-refractivity contribution is 5.83. The fourth-order valence-corrected chi connectivity index (χ4v) is 4.34. The number of piperazine rings is 1. The first-order chi connectivity index (χ1) is 14.7. The van der Waals surface area contributed by atoms with E-state index in [4.69, 9.17) is 0 Å². The summed E-state index contributed by atoms with van der Waals surface area (Å²) in [5, 5.41) is 8.70. The van der Waals surface area contributed by atoms with Crippen molar-refractivity contribution < 1.29 is 9.18 Å². The predicted molar refractivity (Wildman–Crippen MR) is 110 cm³/mol. The maximum atomic E-state index is 13.3. The number of rotatable bonds is 3. The highest BCUT2D eigenvalue weighted by Crippen LogP contribution is 2.32. The van der Waals surface area contributed by atoms with Crippen LogP contribution in [0.25, 0.3) is 11.4 Å². The van der Waals surface area contributed by atoms with Gasteiger partial charge in [-0.2, -0.15) is 0 Å². The molecule has 2 aliphatic rings. The number of pyridine rings is 1. The minimum Gasteiger partial charge on any atom is -0.353 e. The van der Waals surface area contributed by atoms with Crippen molar-refractivity contribution in [2.24, 2.45) is 0 Å². The summed E-state index contributed by atoms with van der Waals surface area (Å²) in [4.78, 5) is 21.9. The van der Waals surface area contributed by atoms with Crippen molar-refractivity contribution in [3.8, 4) is 11.4 Å². The average Bonchev–Trinajstić information content (AvgIpc) is 3.24. The first-order valence-electron chi connectivity index (χ1n) is 10.3. The van der Waals surface area contributed by atoms with Gasteiger partial charge in [0.25, 0.3) is 0 Å². The number of hydrogen-bond acceptors (Lipinski definition) is 5. The lowest BCUT2D eigenvalue weighted by Crippen LogP contribution is -2.50. The molecule has 0 aliphatic carbocycles. The maximum Gasteiger partial charge on any atom is 0.233 e. The number of halogens is 1. The Morgan fingerprint density at radius 2 is 1.77 bits per heavy atom. The van der Waals surface area contributed by atoms with Gasteiger partial charge in [0.15, 0.2) is 5.82 Å². The van der Waals surface area contributed by atoms with E-state index in [0.29, 0.717) is 18.9 Å². The lowest BCUT2D eigenvalue weighted by Gasteiger charge is -2.37. The summed E-state index contributed by atoms with van der Waals surface area (Å²) in [5.74, 6) is 1.93. The van der Waals surface area contributed by atoms with E-state index < -0.39 is 0 Å². The smallest absolute Gasteiger partial charge is 0.233 e. The third kappa shape index (κ3) is 3.42. The van der Waals surface area contributed by atoms with Gasteiger partial charge in [-0.1, -0.05) is 6.07 Å². The van der Waals surface area contributed by atoms with Gasteiger partial charge in [0.2, 0.25) is 5.91 Å². The van der Waals surface area contributed by atoms with Gasteiger partial charge >= 0.3 is 0 Å². The summed E-state index contributed by atoms with van der Waals surface area (Å²) in [6, 6.07) is 12.1. The molecule has 1 atom stereocenters. The molecule has 0 bridgehead atoms. The van der Waals surface area contributed by atoms with Gasteiger partial charge in [0.1, 0.15) is 17.5 Å². The first-order valence-corrected chi connectivity index (χ1v) is 10.3. The van der Waals surface area contributed by atoms with Crippen molar-refractivity contribution in [1.82, 2.24) is 24.6 Å². The van der Waals surface area contributed by atoms with Crippen LogP contribution in [0.2, 0.25) is 0 Å². The molecular weight excluding hydrogens is 383 g/mol. The molecule has 8 heteroatoms. The zero-order valence-corrected chi connectivity index (χ0v) is 16.6. The van der Waals surface area contributed by atoms with E-state index >= 15 is 0 Å². The van der Waals surface area contributed by atoms with Crippen molar-refractivity contribution in [1.29, 1.82) is 0 Å². The van der Waals surface area contributed by atoms with Crippen molar-refractivity contribution in [3.63, 3.8) is 0 Å². The first kappa shape index (κ1) is 18.7. The molecule has 154 valence electrons. The molecule has 0 radical (unpaired) electrons. The molecule has 1 aromatic carbocycles. The Morgan fingerprint density at radius 1 is 0.967 bits per heavy atom. The van der Waals surface area contributed by atoms with E-state index in [-0.39, 0.29) is 17.6 Å². The van der Waals surface area contributed by atoms with Crippen molar-refractivity contribution in [2.45, 2.75) is 25.3 Å². The van der Waals surface area contributed by atoms with Crippen molar-refractivity contribution in [3.05, 3.63) is 60.3 Å². The van der Waals surface area contributed by atoms with Gasteiger partial charge in [-0.25, -0.2) is 9.37 Å². The minimum absolute atomic E-state index is 0.120. The third-order valence-electron chi connectivity index (χ3n) is 5.93. The number of fused-ring (bicyclic) bond motifs is 1. The van der Waals surface area contributed by atoms with Crippen LogP contribution in [0.1, 0.15) is 24.6 Å². The normalized spacial score (nSPS) is 18.9. The molecule has 0 N–H and O–H groups in total. The number of aromatic nitrogens is 4. The molecule has 4 heterocycles. The molecule has 2 aromatic heterocycles. The van der Waals surface area contributed by atoms with E-state index in [1.807, 2.05) is 27.7 Å². The van der Waals surface area contributed by atoms with E-state index in [1.54, 1.807) is 18.3 Å². The molecule has 0 spiro atoms. The van der Waals surface area contributed by atoms with Crippen LogP contribution in [-0.4, -0.2) is 56.7 Å². The number of nitrogens with zero attached hydrogens (tertiary/aromatic N) is 6. The minimum atomic E-state index is -0.282. The van der Waals surface area contributed by atoms with E-state index in [2.05, 4.69) is 20.1 Å². The van der Waals surface area contributed by atoms with Crippen LogP contribution in [0.15, 0.2) is 48.7 Å². The number of anilines is 1. The summed E-state index contributed by atoms with van der Waals surface area (Å²) < 4.78 is 15.3. The molecule has 5 rings (SSSR count). The SMILES string of the molecule is O=C(C1CCCn2c(-c3ccc(F)cc3)nnc21)N1CCN(c2ccccn2)CC1. The number of carbonyl (C=O) groups excluding carboxylic acids is 1. The van der Waals surface area contributed by atoms with Gasteiger partial charge in [-0.05, 0) is 49.2 Å². The van der Waals surface area contributed by atoms with E-state index in [0.717, 1.165) is 49.7 Å². The van der Waals surface area contributed by atoms with Crippen LogP contribution in [0.3, 0.4) is 0 Å². The van der Waals surface area contributed by atoms with Gasteiger partial charge in [0.05, 0.1) is 5.92 Å². The highest BCUT2D eigenvalue weighted by atomic mass is 19.1. The topological polar surface area (TPSA) is 67.2 Å². The van der Waals surface area contributed by atoms with Gasteiger partial charge in [0, 0.05) is 44.5 Å². The Hall–Kier alpha value is -3.29. The van der Waals surface area contributed by atoms with Crippen molar-refractivity contribution >= 4 is 11.7 Å². The average molecular weight is 406 g/mol. The van der Waals surface area contributed by atoms with Crippen LogP contribution in [-0.2, 0) is 11.3 Å². The largest absolute Gasteiger partial charge is 0.353 e. The quantitative estimate of drug-likeness (QED) is 0.669. The molecule has 3 aromatic rings. The Kier molecular flexibility index (Phi) is 4.90. The standard InChI is InChI=1S/C22H23FN6O/c23-17-8-6-16(7-9-17)20-25-26-21-18(4-3-11-29(20)21)22(30)28-14-12-27(13-15-28)19-5-1-2-10-24-19/h1-2,5-10,18H,3-4,11-15H2. The van der Waals surface area contributed by atoms with Gasteiger partial charge < -0.3 is 14.4 Å². The molecule has 30 heavy (non-hydrogen) atoms. The summed E-state index contributed by atoms with van der Waals surface area (Å²) in [5.41, 5.74) is 0.812. The van der Waals surface area contributed by atoms with Crippen LogP contribution in [0.4, 0.5) is 10.2 Å². The van der Waals surface area contributed by atoms with Crippen molar-refractivity contribution in [2.75, 3.05) is 31.1 Å². The maximum absolute atomic E-state index is 13.3. The molecule has 1 unspecified atom stereocenters. The summed E-state index contributed by atoms with van der Waals surface area (Å²) in [6.45, 7) is 3.65. The fraction of sp³-hybridized carbons (Fsp3) is 0.364. The Balaban J connectivity index is 1.32. The second-order valence-electron chi connectivity index (χ2n) is 7.74. The van der Waals surface area contributed by atoms with Crippen LogP contribution < -0.4 is 4.90 Å². The molecule has 1 amide bonds. The molecule has 1 fully saturated rings.